The van der Waals surface area contributed by atoms with Crippen LogP contribution in [0.1, 0.15) is 35.2 Å². The molecule has 80 valence electrons. The van der Waals surface area contributed by atoms with E-state index in [0.717, 1.165) is 19.4 Å². The number of nitrogens with two attached hydrogens (primary N) is 1. The highest BCUT2D eigenvalue weighted by Crippen LogP contribution is 2.27. The molecule has 1 fully saturated rings. The van der Waals surface area contributed by atoms with Gasteiger partial charge in [-0.25, -0.2) is 9.97 Å². The maximum atomic E-state index is 11.0. The number of carbonyl (C=O) groups is 1. The lowest BCUT2D eigenvalue weighted by Gasteiger charge is -2.17. The molecule has 15 heavy (non-hydrogen) atoms. The number of likely N-dealkylation sites (tertiary alicyclic amines) is 1. The average molecular weight is 206 g/mol. The van der Waals surface area contributed by atoms with E-state index in [4.69, 9.17) is 5.73 Å². The number of hydrogen-bond donors (Lipinski definition) is 1. The standard InChI is InChI=1S/C10H14N4O/c1-14-6-2-3-8(14)10-12-5-4-7(13-10)9(11)15/h4-5,8H,2-3,6H2,1H3,(H2,11,15). The molecule has 1 aromatic rings. The molecule has 5 heteroatoms. The molecule has 0 aromatic carbocycles. The maximum absolute atomic E-state index is 11.0. The Morgan fingerprint density at radius 3 is 3.07 bits per heavy atom. The molecule has 1 atom stereocenters. The molecule has 0 aliphatic carbocycles. The Labute approximate surface area is 88.3 Å². The maximum Gasteiger partial charge on any atom is 0.267 e. The Balaban J connectivity index is 2.28. The highest BCUT2D eigenvalue weighted by atomic mass is 16.1. The van der Waals surface area contributed by atoms with Crippen LogP contribution in [-0.2, 0) is 0 Å². The van der Waals surface area contributed by atoms with Gasteiger partial charge in [0.1, 0.15) is 11.5 Å². The van der Waals surface area contributed by atoms with Gasteiger partial charge in [-0.05, 0) is 32.5 Å². The first kappa shape index (κ1) is 10.0. The first-order chi connectivity index (χ1) is 7.18. The van der Waals surface area contributed by atoms with Crippen LogP contribution in [0.4, 0.5) is 0 Å². The first-order valence-electron chi connectivity index (χ1n) is 5.01. The van der Waals surface area contributed by atoms with Crippen LogP contribution in [0.2, 0.25) is 0 Å². The second-order valence-electron chi connectivity index (χ2n) is 3.80. The van der Waals surface area contributed by atoms with Crippen molar-refractivity contribution in [3.05, 3.63) is 23.8 Å². The number of amides is 1. The van der Waals surface area contributed by atoms with Gasteiger partial charge in [0.25, 0.3) is 5.91 Å². The van der Waals surface area contributed by atoms with Gasteiger partial charge in [0.2, 0.25) is 0 Å². The smallest absolute Gasteiger partial charge is 0.267 e. The summed E-state index contributed by atoms with van der Waals surface area (Å²) in [6.45, 7) is 1.05. The molecular weight excluding hydrogens is 192 g/mol. The molecule has 0 spiro atoms. The van der Waals surface area contributed by atoms with E-state index in [9.17, 15) is 4.79 Å². The second-order valence-corrected chi connectivity index (χ2v) is 3.80. The fourth-order valence-corrected chi connectivity index (χ4v) is 1.91. The Morgan fingerprint density at radius 1 is 1.67 bits per heavy atom. The molecule has 2 N–H and O–H groups in total. The van der Waals surface area contributed by atoms with Crippen molar-refractivity contribution in [2.45, 2.75) is 18.9 Å². The molecule has 1 amide bonds. The van der Waals surface area contributed by atoms with E-state index >= 15 is 0 Å². The van der Waals surface area contributed by atoms with Gasteiger partial charge in [-0.1, -0.05) is 0 Å². The molecule has 0 saturated carbocycles. The monoisotopic (exact) mass is 206 g/mol. The van der Waals surface area contributed by atoms with E-state index in [1.807, 2.05) is 7.05 Å². The second kappa shape index (κ2) is 3.94. The Bertz CT molecular complexity index is 379. The largest absolute Gasteiger partial charge is 0.364 e. The zero-order valence-electron chi connectivity index (χ0n) is 8.68. The molecule has 5 nitrogen and oxygen atoms in total. The van der Waals surface area contributed by atoms with Gasteiger partial charge in [0, 0.05) is 6.20 Å². The lowest BCUT2D eigenvalue weighted by atomic mass is 10.2. The summed E-state index contributed by atoms with van der Waals surface area (Å²) in [7, 11) is 2.04. The summed E-state index contributed by atoms with van der Waals surface area (Å²) >= 11 is 0. The van der Waals surface area contributed by atoms with E-state index < -0.39 is 5.91 Å². The minimum atomic E-state index is -0.501. The summed E-state index contributed by atoms with van der Waals surface area (Å²) in [6, 6.07) is 1.77. The minimum Gasteiger partial charge on any atom is -0.364 e. The van der Waals surface area contributed by atoms with Gasteiger partial charge in [-0.2, -0.15) is 0 Å². The van der Waals surface area contributed by atoms with E-state index in [-0.39, 0.29) is 6.04 Å². The SMILES string of the molecule is CN1CCCC1c1nccc(C(N)=O)n1. The van der Waals surface area contributed by atoms with E-state index in [0.29, 0.717) is 11.5 Å². The topological polar surface area (TPSA) is 72.1 Å². The third kappa shape index (κ3) is 1.97. The number of nitrogens with zero attached hydrogens (tertiary/aromatic N) is 3. The van der Waals surface area contributed by atoms with Gasteiger partial charge in [-0.15, -0.1) is 0 Å². The zero-order valence-corrected chi connectivity index (χ0v) is 8.68. The average Bonchev–Trinajstić information content (AvgIpc) is 2.64. The van der Waals surface area contributed by atoms with E-state index in [1.54, 1.807) is 12.3 Å². The van der Waals surface area contributed by atoms with Crippen LogP contribution in [-0.4, -0.2) is 34.4 Å². The minimum absolute atomic E-state index is 0.226. The van der Waals surface area contributed by atoms with Gasteiger partial charge >= 0.3 is 0 Å². The van der Waals surface area contributed by atoms with Gasteiger partial charge in [-0.3, -0.25) is 9.69 Å². The van der Waals surface area contributed by atoms with Crippen molar-refractivity contribution in [1.82, 2.24) is 14.9 Å². The molecular formula is C10H14N4O. The Kier molecular flexibility index (Phi) is 2.64. The third-order valence-electron chi connectivity index (χ3n) is 2.75. The number of carbonyl (C=O) groups excluding carboxylic acids is 1. The van der Waals surface area contributed by atoms with Crippen molar-refractivity contribution < 1.29 is 4.79 Å². The molecule has 2 rings (SSSR count). The number of primary amides is 1. The van der Waals surface area contributed by atoms with Crippen LogP contribution in [0.15, 0.2) is 12.3 Å². The van der Waals surface area contributed by atoms with E-state index in [1.165, 1.54) is 0 Å². The summed E-state index contributed by atoms with van der Waals surface area (Å²) < 4.78 is 0. The number of rotatable bonds is 2. The van der Waals surface area contributed by atoms with Crippen LogP contribution in [0.3, 0.4) is 0 Å². The van der Waals surface area contributed by atoms with Crippen LogP contribution in [0.25, 0.3) is 0 Å². The fraction of sp³-hybridized carbons (Fsp3) is 0.500. The molecule has 0 bridgehead atoms. The highest BCUT2D eigenvalue weighted by molar-refractivity contribution is 5.90. The lowest BCUT2D eigenvalue weighted by Crippen LogP contribution is -2.21. The predicted octanol–water partition coefficient (Wildman–Crippen LogP) is 0.342. The Hall–Kier alpha value is -1.49. The lowest BCUT2D eigenvalue weighted by molar-refractivity contribution is 0.0994. The molecule has 1 unspecified atom stereocenters. The van der Waals surface area contributed by atoms with Crippen LogP contribution >= 0.6 is 0 Å². The van der Waals surface area contributed by atoms with Crippen molar-refractivity contribution in [3.63, 3.8) is 0 Å². The number of hydrogen-bond acceptors (Lipinski definition) is 4. The van der Waals surface area contributed by atoms with Crippen molar-refractivity contribution in [1.29, 1.82) is 0 Å². The number of aromatic nitrogens is 2. The molecule has 2 heterocycles. The summed E-state index contributed by atoms with van der Waals surface area (Å²) in [5.74, 6) is 0.200. The Morgan fingerprint density at radius 2 is 2.47 bits per heavy atom. The van der Waals surface area contributed by atoms with Crippen LogP contribution in [0, 0.1) is 0 Å². The normalized spacial score (nSPS) is 21.8. The van der Waals surface area contributed by atoms with Crippen molar-refractivity contribution in [3.8, 4) is 0 Å². The third-order valence-corrected chi connectivity index (χ3v) is 2.75. The van der Waals surface area contributed by atoms with Crippen LogP contribution in [0.5, 0.6) is 0 Å². The summed E-state index contributed by atoms with van der Waals surface area (Å²) in [5.41, 5.74) is 5.47. The van der Waals surface area contributed by atoms with Gasteiger partial charge < -0.3 is 5.73 Å². The van der Waals surface area contributed by atoms with E-state index in [2.05, 4.69) is 14.9 Å². The quantitative estimate of drug-likeness (QED) is 0.757. The molecule has 1 saturated heterocycles. The van der Waals surface area contributed by atoms with Gasteiger partial charge in [0.05, 0.1) is 6.04 Å². The fourth-order valence-electron chi connectivity index (χ4n) is 1.91. The summed E-state index contributed by atoms with van der Waals surface area (Å²) in [4.78, 5) is 21.5. The molecule has 1 aromatic heterocycles. The summed E-state index contributed by atoms with van der Waals surface area (Å²) in [5, 5.41) is 0. The highest BCUT2D eigenvalue weighted by Gasteiger charge is 2.25. The van der Waals surface area contributed by atoms with Crippen molar-refractivity contribution in [2.24, 2.45) is 5.73 Å². The molecule has 1 aliphatic heterocycles. The van der Waals surface area contributed by atoms with Crippen molar-refractivity contribution >= 4 is 5.91 Å². The molecule has 1 aliphatic rings. The summed E-state index contributed by atoms with van der Waals surface area (Å²) in [6.07, 6.45) is 3.78. The zero-order chi connectivity index (χ0) is 10.8. The van der Waals surface area contributed by atoms with Gasteiger partial charge in [0.15, 0.2) is 0 Å². The van der Waals surface area contributed by atoms with Crippen molar-refractivity contribution in [2.75, 3.05) is 13.6 Å². The first-order valence-corrected chi connectivity index (χ1v) is 5.01. The predicted molar refractivity (Wildman–Crippen MR) is 55.2 cm³/mol. The van der Waals surface area contributed by atoms with Crippen LogP contribution < -0.4 is 5.73 Å². The molecule has 0 radical (unpaired) electrons.